The van der Waals surface area contributed by atoms with Crippen LogP contribution in [0.25, 0.3) is 0 Å². The summed E-state index contributed by atoms with van der Waals surface area (Å²) < 4.78 is 10.3. The molecule has 1 N–H and O–H groups in total. The highest BCUT2D eigenvalue weighted by Gasteiger charge is 2.20. The number of para-hydroxylation sites is 1. The summed E-state index contributed by atoms with van der Waals surface area (Å²) in [5, 5.41) is 2.57. The van der Waals surface area contributed by atoms with E-state index in [0.717, 1.165) is 0 Å². The van der Waals surface area contributed by atoms with E-state index in [9.17, 15) is 4.79 Å². The summed E-state index contributed by atoms with van der Waals surface area (Å²) in [6.45, 7) is 0.201. The molecule has 0 aromatic heterocycles. The third-order valence-corrected chi connectivity index (χ3v) is 1.89. The molecular weight excluding hydrogens is 170 g/mol. The molecule has 0 atom stereocenters. The number of methoxy groups -OCH3 is 1. The van der Waals surface area contributed by atoms with Crippen molar-refractivity contribution in [3.05, 3.63) is 23.8 Å². The first-order valence-corrected chi connectivity index (χ1v) is 3.91. The van der Waals surface area contributed by atoms with Crippen LogP contribution in [0.4, 0.5) is 0 Å². The molecule has 68 valence electrons. The average molecular weight is 179 g/mol. The van der Waals surface area contributed by atoms with Crippen LogP contribution in [0.5, 0.6) is 11.5 Å². The summed E-state index contributed by atoms with van der Waals surface area (Å²) in [5.41, 5.74) is 0.519. The molecule has 1 amide bonds. The molecule has 13 heavy (non-hydrogen) atoms. The van der Waals surface area contributed by atoms with E-state index >= 15 is 0 Å². The molecule has 0 bridgehead atoms. The molecule has 0 fully saturated rings. The van der Waals surface area contributed by atoms with Gasteiger partial charge in [0.15, 0.2) is 18.2 Å². The van der Waals surface area contributed by atoms with Crippen molar-refractivity contribution < 1.29 is 14.3 Å². The Morgan fingerprint density at radius 1 is 1.54 bits per heavy atom. The normalized spacial score (nSPS) is 14.1. The standard InChI is InChI=1S/C9H9NO3/c1-12-7-4-2-3-6-8(7)13-5-10-9(6)11/h2-4H,5H2,1H3,(H,10,11). The van der Waals surface area contributed by atoms with Gasteiger partial charge in [0.1, 0.15) is 0 Å². The van der Waals surface area contributed by atoms with Crippen molar-refractivity contribution in [2.75, 3.05) is 13.8 Å². The Morgan fingerprint density at radius 3 is 3.15 bits per heavy atom. The molecule has 4 nitrogen and oxygen atoms in total. The van der Waals surface area contributed by atoms with Crippen molar-refractivity contribution >= 4 is 5.91 Å². The largest absolute Gasteiger partial charge is 0.493 e. The smallest absolute Gasteiger partial charge is 0.257 e. The van der Waals surface area contributed by atoms with Crippen LogP contribution >= 0.6 is 0 Å². The van der Waals surface area contributed by atoms with Crippen molar-refractivity contribution in [3.8, 4) is 11.5 Å². The zero-order valence-electron chi connectivity index (χ0n) is 7.16. The fraction of sp³-hybridized carbons (Fsp3) is 0.222. The summed E-state index contributed by atoms with van der Waals surface area (Å²) in [4.78, 5) is 11.3. The number of hydrogen-bond acceptors (Lipinski definition) is 3. The van der Waals surface area contributed by atoms with Gasteiger partial charge in [-0.1, -0.05) is 6.07 Å². The van der Waals surface area contributed by atoms with Gasteiger partial charge >= 0.3 is 0 Å². The molecule has 1 aromatic rings. The van der Waals surface area contributed by atoms with Crippen LogP contribution in [0.15, 0.2) is 18.2 Å². The first-order valence-electron chi connectivity index (χ1n) is 3.91. The van der Waals surface area contributed by atoms with Crippen LogP contribution in [0, 0.1) is 0 Å². The van der Waals surface area contributed by atoms with E-state index in [-0.39, 0.29) is 12.6 Å². The lowest BCUT2D eigenvalue weighted by molar-refractivity contribution is 0.0879. The van der Waals surface area contributed by atoms with Crippen LogP contribution in [-0.2, 0) is 0 Å². The number of fused-ring (bicyclic) bond motifs is 1. The Labute approximate surface area is 75.5 Å². The predicted octanol–water partition coefficient (Wildman–Crippen LogP) is 0.775. The minimum Gasteiger partial charge on any atom is -0.493 e. The SMILES string of the molecule is COc1cccc2c1OCNC2=O. The highest BCUT2D eigenvalue weighted by atomic mass is 16.5. The van der Waals surface area contributed by atoms with E-state index in [1.165, 1.54) is 0 Å². The summed E-state index contributed by atoms with van der Waals surface area (Å²) >= 11 is 0. The number of hydrogen-bond donors (Lipinski definition) is 1. The molecule has 1 aromatic carbocycles. The van der Waals surface area contributed by atoms with Crippen LogP contribution < -0.4 is 14.8 Å². The second-order valence-corrected chi connectivity index (χ2v) is 2.63. The minimum absolute atomic E-state index is 0.125. The lowest BCUT2D eigenvalue weighted by Gasteiger charge is -2.19. The minimum atomic E-state index is -0.125. The Morgan fingerprint density at radius 2 is 2.38 bits per heavy atom. The second kappa shape index (κ2) is 2.97. The highest BCUT2D eigenvalue weighted by Crippen LogP contribution is 2.32. The second-order valence-electron chi connectivity index (χ2n) is 2.63. The fourth-order valence-electron chi connectivity index (χ4n) is 1.27. The summed E-state index contributed by atoms with van der Waals surface area (Å²) in [7, 11) is 1.55. The third-order valence-electron chi connectivity index (χ3n) is 1.89. The van der Waals surface area contributed by atoms with E-state index < -0.39 is 0 Å². The molecule has 0 spiro atoms. The van der Waals surface area contributed by atoms with Gasteiger partial charge in [0.05, 0.1) is 12.7 Å². The van der Waals surface area contributed by atoms with Gasteiger partial charge in [-0.05, 0) is 12.1 Å². The van der Waals surface area contributed by atoms with Gasteiger partial charge in [-0.2, -0.15) is 0 Å². The zero-order chi connectivity index (χ0) is 9.26. The van der Waals surface area contributed by atoms with Gasteiger partial charge in [-0.15, -0.1) is 0 Å². The molecule has 1 aliphatic rings. The quantitative estimate of drug-likeness (QED) is 0.692. The molecule has 2 rings (SSSR count). The van der Waals surface area contributed by atoms with Gasteiger partial charge in [0.25, 0.3) is 5.91 Å². The number of ether oxygens (including phenoxy) is 2. The Kier molecular flexibility index (Phi) is 1.81. The zero-order valence-corrected chi connectivity index (χ0v) is 7.16. The maximum Gasteiger partial charge on any atom is 0.257 e. The first-order chi connectivity index (χ1) is 6.33. The van der Waals surface area contributed by atoms with Crippen LogP contribution in [0.1, 0.15) is 10.4 Å². The van der Waals surface area contributed by atoms with Gasteiger partial charge in [0, 0.05) is 0 Å². The summed E-state index contributed by atoms with van der Waals surface area (Å²) in [5.74, 6) is 0.987. The Hall–Kier alpha value is -1.71. The van der Waals surface area contributed by atoms with Gasteiger partial charge in [-0.25, -0.2) is 0 Å². The number of nitrogens with one attached hydrogen (secondary N) is 1. The highest BCUT2D eigenvalue weighted by molar-refractivity contribution is 5.98. The number of carbonyl (C=O) groups excluding carboxylic acids is 1. The summed E-state index contributed by atoms with van der Waals surface area (Å²) in [6.07, 6.45) is 0. The summed E-state index contributed by atoms with van der Waals surface area (Å²) in [6, 6.07) is 5.22. The molecular formula is C9H9NO3. The first kappa shape index (κ1) is 7.91. The molecule has 4 heteroatoms. The molecule has 0 radical (unpaired) electrons. The van der Waals surface area contributed by atoms with Crippen molar-refractivity contribution in [2.24, 2.45) is 0 Å². The third kappa shape index (κ3) is 1.20. The lowest BCUT2D eigenvalue weighted by Crippen LogP contribution is -2.33. The number of rotatable bonds is 1. The topological polar surface area (TPSA) is 47.6 Å². The molecule has 0 aliphatic carbocycles. The average Bonchev–Trinajstić information content (AvgIpc) is 2.18. The van der Waals surface area contributed by atoms with Crippen LogP contribution in [0.2, 0.25) is 0 Å². The maximum atomic E-state index is 11.3. The Bertz CT molecular complexity index is 349. The van der Waals surface area contributed by atoms with E-state index in [1.54, 1.807) is 25.3 Å². The molecule has 0 unspecified atom stereocenters. The molecule has 1 heterocycles. The van der Waals surface area contributed by atoms with Crippen molar-refractivity contribution in [3.63, 3.8) is 0 Å². The van der Waals surface area contributed by atoms with Gasteiger partial charge in [-0.3, -0.25) is 4.79 Å². The Balaban J connectivity index is 2.54. The van der Waals surface area contributed by atoms with E-state index in [4.69, 9.17) is 9.47 Å². The molecule has 0 saturated carbocycles. The van der Waals surface area contributed by atoms with E-state index in [0.29, 0.717) is 17.1 Å². The number of benzene rings is 1. The predicted molar refractivity (Wildman–Crippen MR) is 46.0 cm³/mol. The molecule has 1 aliphatic heterocycles. The fourth-order valence-corrected chi connectivity index (χ4v) is 1.27. The van der Waals surface area contributed by atoms with Crippen molar-refractivity contribution in [1.29, 1.82) is 0 Å². The monoisotopic (exact) mass is 179 g/mol. The van der Waals surface area contributed by atoms with Crippen LogP contribution in [0.3, 0.4) is 0 Å². The maximum absolute atomic E-state index is 11.3. The number of amides is 1. The number of carbonyl (C=O) groups is 1. The van der Waals surface area contributed by atoms with E-state index in [1.807, 2.05) is 0 Å². The van der Waals surface area contributed by atoms with Crippen molar-refractivity contribution in [2.45, 2.75) is 0 Å². The lowest BCUT2D eigenvalue weighted by atomic mass is 10.1. The van der Waals surface area contributed by atoms with Gasteiger partial charge < -0.3 is 14.8 Å². The van der Waals surface area contributed by atoms with Crippen LogP contribution in [-0.4, -0.2) is 19.7 Å². The van der Waals surface area contributed by atoms with E-state index in [2.05, 4.69) is 5.32 Å². The molecule has 0 saturated heterocycles. The van der Waals surface area contributed by atoms with Crippen molar-refractivity contribution in [1.82, 2.24) is 5.32 Å². The van der Waals surface area contributed by atoms with Gasteiger partial charge in [0.2, 0.25) is 0 Å².